The van der Waals surface area contributed by atoms with E-state index < -0.39 is 0 Å². The fraction of sp³-hybridized carbons (Fsp3) is 0.444. The average Bonchev–Trinajstić information content (AvgIpc) is 2.87. The first kappa shape index (κ1) is 15.3. The van der Waals surface area contributed by atoms with E-state index in [1.54, 1.807) is 0 Å². The maximum atomic E-state index is 6.32. The quantitative estimate of drug-likeness (QED) is 0.827. The molecule has 0 saturated carbocycles. The molecule has 2 aromatic rings. The molecule has 2 heteroatoms. The van der Waals surface area contributed by atoms with Crippen LogP contribution in [-0.4, -0.2) is 6.04 Å². The van der Waals surface area contributed by atoms with Crippen molar-refractivity contribution in [2.45, 2.75) is 52.5 Å². The molecule has 1 heterocycles. The number of hydrogen-bond acceptors (Lipinski definition) is 2. The van der Waals surface area contributed by atoms with E-state index in [0.29, 0.717) is 0 Å². The van der Waals surface area contributed by atoms with Gasteiger partial charge in [0.25, 0.3) is 0 Å². The summed E-state index contributed by atoms with van der Waals surface area (Å²) >= 11 is 1.84. The van der Waals surface area contributed by atoms with Gasteiger partial charge in [-0.15, -0.1) is 11.3 Å². The van der Waals surface area contributed by atoms with Crippen molar-refractivity contribution in [3.63, 3.8) is 0 Å². The number of aryl methyl sites for hydroxylation is 4. The topological polar surface area (TPSA) is 26.0 Å². The van der Waals surface area contributed by atoms with E-state index >= 15 is 0 Å². The van der Waals surface area contributed by atoms with Crippen molar-refractivity contribution in [3.05, 3.63) is 56.8 Å². The fourth-order valence-corrected chi connectivity index (χ4v) is 3.64. The summed E-state index contributed by atoms with van der Waals surface area (Å²) in [5.41, 5.74) is 11.9. The first-order valence-corrected chi connectivity index (χ1v) is 8.29. The normalized spacial score (nSPS) is 12.6. The van der Waals surface area contributed by atoms with Crippen LogP contribution in [0.5, 0.6) is 0 Å². The predicted molar refractivity (Wildman–Crippen MR) is 89.6 cm³/mol. The van der Waals surface area contributed by atoms with Gasteiger partial charge in [0.15, 0.2) is 0 Å². The van der Waals surface area contributed by atoms with Gasteiger partial charge in [0.1, 0.15) is 0 Å². The van der Waals surface area contributed by atoms with Crippen LogP contribution in [0.4, 0.5) is 0 Å². The summed E-state index contributed by atoms with van der Waals surface area (Å²) < 4.78 is 0. The monoisotopic (exact) mass is 287 g/mol. The van der Waals surface area contributed by atoms with Gasteiger partial charge >= 0.3 is 0 Å². The van der Waals surface area contributed by atoms with Gasteiger partial charge in [0.2, 0.25) is 0 Å². The SMILES string of the molecule is Cc1cc(C)c(CC(N)CCCc2cccs2)c(C)c1. The number of nitrogens with two attached hydrogens (primary N) is 1. The van der Waals surface area contributed by atoms with Gasteiger partial charge < -0.3 is 5.73 Å². The second-order valence-corrected chi connectivity index (χ2v) is 6.85. The third-order valence-electron chi connectivity index (χ3n) is 3.88. The van der Waals surface area contributed by atoms with Crippen LogP contribution in [0.2, 0.25) is 0 Å². The zero-order chi connectivity index (χ0) is 14.5. The number of hydrogen-bond donors (Lipinski definition) is 1. The Morgan fingerprint density at radius 2 is 1.85 bits per heavy atom. The molecule has 0 aliphatic carbocycles. The van der Waals surface area contributed by atoms with Gasteiger partial charge in [-0.3, -0.25) is 0 Å². The zero-order valence-corrected chi connectivity index (χ0v) is 13.6. The smallest absolute Gasteiger partial charge is 0.00796 e. The van der Waals surface area contributed by atoms with Crippen LogP contribution in [0.3, 0.4) is 0 Å². The molecular weight excluding hydrogens is 262 g/mol. The predicted octanol–water partition coefficient (Wildman–Crippen LogP) is 4.57. The molecule has 0 radical (unpaired) electrons. The Labute approximate surface area is 126 Å². The van der Waals surface area contributed by atoms with E-state index in [4.69, 9.17) is 5.73 Å². The van der Waals surface area contributed by atoms with E-state index in [1.807, 2.05) is 11.3 Å². The summed E-state index contributed by atoms with van der Waals surface area (Å²) in [5.74, 6) is 0. The van der Waals surface area contributed by atoms with Crippen LogP contribution < -0.4 is 5.73 Å². The van der Waals surface area contributed by atoms with Crippen LogP contribution in [0.1, 0.15) is 40.0 Å². The van der Waals surface area contributed by atoms with E-state index in [0.717, 1.165) is 19.3 Å². The highest BCUT2D eigenvalue weighted by Crippen LogP contribution is 2.19. The highest BCUT2D eigenvalue weighted by Gasteiger charge is 2.09. The van der Waals surface area contributed by atoms with Crippen molar-refractivity contribution < 1.29 is 0 Å². The molecule has 0 bridgehead atoms. The molecule has 0 saturated heterocycles. The lowest BCUT2D eigenvalue weighted by atomic mass is 9.93. The first-order valence-electron chi connectivity index (χ1n) is 7.41. The fourth-order valence-electron chi connectivity index (χ4n) is 2.89. The summed E-state index contributed by atoms with van der Waals surface area (Å²) in [6.07, 6.45) is 4.45. The minimum absolute atomic E-state index is 0.273. The molecule has 108 valence electrons. The molecule has 2 N–H and O–H groups in total. The molecule has 20 heavy (non-hydrogen) atoms. The summed E-state index contributed by atoms with van der Waals surface area (Å²) in [4.78, 5) is 1.47. The molecule has 0 aliphatic rings. The highest BCUT2D eigenvalue weighted by atomic mass is 32.1. The molecule has 0 amide bonds. The Bertz CT molecular complexity index is 520. The minimum atomic E-state index is 0.273. The summed E-state index contributed by atoms with van der Waals surface area (Å²) in [6, 6.07) is 9.14. The van der Waals surface area contributed by atoms with Crippen molar-refractivity contribution in [1.29, 1.82) is 0 Å². The molecule has 0 spiro atoms. The number of benzene rings is 1. The molecule has 1 atom stereocenters. The lowest BCUT2D eigenvalue weighted by Gasteiger charge is -2.16. The first-order chi connectivity index (χ1) is 9.56. The van der Waals surface area contributed by atoms with Crippen LogP contribution >= 0.6 is 11.3 Å². The standard InChI is InChI=1S/C18H25NS/c1-13-10-14(2)18(15(3)11-13)12-16(19)6-4-7-17-8-5-9-20-17/h5,8-11,16H,4,6-7,12,19H2,1-3H3. The Morgan fingerprint density at radius 1 is 1.15 bits per heavy atom. The second-order valence-electron chi connectivity index (χ2n) is 5.81. The average molecular weight is 287 g/mol. The Kier molecular flexibility index (Phi) is 5.38. The molecule has 1 nitrogen and oxygen atoms in total. The summed E-state index contributed by atoms with van der Waals surface area (Å²) in [7, 11) is 0. The maximum Gasteiger partial charge on any atom is 0.00796 e. The third-order valence-corrected chi connectivity index (χ3v) is 4.82. The van der Waals surface area contributed by atoms with E-state index in [1.165, 1.54) is 33.6 Å². The Morgan fingerprint density at radius 3 is 2.45 bits per heavy atom. The van der Waals surface area contributed by atoms with E-state index in [-0.39, 0.29) is 6.04 Å². The largest absolute Gasteiger partial charge is 0.327 e. The molecule has 1 unspecified atom stereocenters. The molecular formula is C18H25NS. The van der Waals surface area contributed by atoms with Crippen molar-refractivity contribution in [2.24, 2.45) is 5.73 Å². The Hall–Kier alpha value is -1.12. The highest BCUT2D eigenvalue weighted by molar-refractivity contribution is 7.09. The van der Waals surface area contributed by atoms with E-state index in [9.17, 15) is 0 Å². The molecule has 1 aromatic carbocycles. The summed E-state index contributed by atoms with van der Waals surface area (Å²) in [6.45, 7) is 6.56. The molecule has 0 fully saturated rings. The second kappa shape index (κ2) is 7.05. The van der Waals surface area contributed by atoms with Gasteiger partial charge in [0, 0.05) is 10.9 Å². The number of thiophene rings is 1. The van der Waals surface area contributed by atoms with Crippen LogP contribution in [0.25, 0.3) is 0 Å². The molecule has 1 aromatic heterocycles. The van der Waals surface area contributed by atoms with Crippen LogP contribution in [-0.2, 0) is 12.8 Å². The molecule has 0 aliphatic heterocycles. The van der Waals surface area contributed by atoms with E-state index in [2.05, 4.69) is 50.4 Å². The van der Waals surface area contributed by atoms with Crippen molar-refractivity contribution in [2.75, 3.05) is 0 Å². The summed E-state index contributed by atoms with van der Waals surface area (Å²) in [5, 5.41) is 2.15. The lowest BCUT2D eigenvalue weighted by molar-refractivity contribution is 0.579. The number of rotatable bonds is 6. The van der Waals surface area contributed by atoms with Crippen LogP contribution in [0, 0.1) is 20.8 Å². The van der Waals surface area contributed by atoms with Gasteiger partial charge in [-0.1, -0.05) is 23.8 Å². The maximum absolute atomic E-state index is 6.32. The van der Waals surface area contributed by atoms with Crippen molar-refractivity contribution in [1.82, 2.24) is 0 Å². The minimum Gasteiger partial charge on any atom is -0.327 e. The van der Waals surface area contributed by atoms with Gasteiger partial charge in [0.05, 0.1) is 0 Å². The van der Waals surface area contributed by atoms with Gasteiger partial charge in [-0.05, 0) is 74.6 Å². The third kappa shape index (κ3) is 4.19. The van der Waals surface area contributed by atoms with Crippen LogP contribution in [0.15, 0.2) is 29.6 Å². The van der Waals surface area contributed by atoms with Crippen molar-refractivity contribution in [3.8, 4) is 0 Å². The lowest BCUT2D eigenvalue weighted by Crippen LogP contribution is -2.23. The van der Waals surface area contributed by atoms with Gasteiger partial charge in [-0.2, -0.15) is 0 Å². The zero-order valence-electron chi connectivity index (χ0n) is 12.8. The Balaban J connectivity index is 1.86. The van der Waals surface area contributed by atoms with Crippen molar-refractivity contribution >= 4 is 11.3 Å². The molecule has 2 rings (SSSR count). The van der Waals surface area contributed by atoms with Gasteiger partial charge in [-0.25, -0.2) is 0 Å².